The summed E-state index contributed by atoms with van der Waals surface area (Å²) in [5, 5.41) is 0.695. The van der Waals surface area contributed by atoms with Gasteiger partial charge in [-0.25, -0.2) is 4.98 Å². The van der Waals surface area contributed by atoms with Gasteiger partial charge in [0.15, 0.2) is 6.10 Å². The summed E-state index contributed by atoms with van der Waals surface area (Å²) < 4.78 is 6.00. The molecule has 0 radical (unpaired) electrons. The maximum absolute atomic E-state index is 6.00. The number of hydrogen-bond acceptors (Lipinski definition) is 2. The lowest BCUT2D eigenvalue weighted by atomic mass is 10.1. The van der Waals surface area contributed by atoms with Gasteiger partial charge in [-0.2, -0.15) is 0 Å². The van der Waals surface area contributed by atoms with Gasteiger partial charge in [0.2, 0.25) is 0 Å². The Hall–Kier alpha value is -2.00. The first-order valence-corrected chi connectivity index (χ1v) is 7.29. The predicted molar refractivity (Wildman–Crippen MR) is 86.1 cm³/mol. The summed E-state index contributed by atoms with van der Waals surface area (Å²) in [6.07, 6.45) is -0.155. The SMILES string of the molecule is Cc1cc(C)cc(OC(C)c2nc3ccc(Cl)cc3[nH]2)c1. The standard InChI is InChI=1S/C17H17ClN2O/c1-10-6-11(2)8-14(7-10)21-12(3)17-19-15-5-4-13(18)9-16(15)20-17/h4-9,12H,1-3H3,(H,19,20). The fraction of sp³-hybridized carbons (Fsp3) is 0.235. The van der Waals surface area contributed by atoms with Crippen molar-refractivity contribution in [2.75, 3.05) is 0 Å². The lowest BCUT2D eigenvalue weighted by molar-refractivity contribution is 0.218. The summed E-state index contributed by atoms with van der Waals surface area (Å²) in [7, 11) is 0. The zero-order valence-electron chi connectivity index (χ0n) is 12.3. The smallest absolute Gasteiger partial charge is 0.153 e. The van der Waals surface area contributed by atoms with Crippen LogP contribution in [0.3, 0.4) is 0 Å². The molecular formula is C17H17ClN2O. The van der Waals surface area contributed by atoms with Crippen LogP contribution >= 0.6 is 11.6 Å². The molecule has 3 aromatic rings. The molecule has 3 nitrogen and oxygen atoms in total. The summed E-state index contributed by atoms with van der Waals surface area (Å²) in [6, 6.07) is 11.8. The average molecular weight is 301 g/mol. The van der Waals surface area contributed by atoms with Crippen LogP contribution < -0.4 is 4.74 Å². The van der Waals surface area contributed by atoms with Gasteiger partial charge in [0.05, 0.1) is 11.0 Å². The molecule has 0 amide bonds. The molecule has 0 saturated heterocycles. The van der Waals surface area contributed by atoms with E-state index in [4.69, 9.17) is 16.3 Å². The number of aromatic nitrogens is 2. The normalized spacial score (nSPS) is 12.6. The number of fused-ring (bicyclic) bond motifs is 1. The Labute approximate surface area is 128 Å². The quantitative estimate of drug-likeness (QED) is 0.741. The summed E-state index contributed by atoms with van der Waals surface area (Å²) in [5.41, 5.74) is 4.20. The van der Waals surface area contributed by atoms with Gasteiger partial charge in [0.1, 0.15) is 11.6 Å². The van der Waals surface area contributed by atoms with Crippen LogP contribution in [0.15, 0.2) is 36.4 Å². The molecule has 0 aliphatic carbocycles. The number of nitrogens with zero attached hydrogens (tertiary/aromatic N) is 1. The van der Waals surface area contributed by atoms with E-state index in [1.54, 1.807) is 0 Å². The molecule has 1 aromatic heterocycles. The highest BCUT2D eigenvalue weighted by Crippen LogP contribution is 2.25. The zero-order valence-corrected chi connectivity index (χ0v) is 13.0. The van der Waals surface area contributed by atoms with Gasteiger partial charge in [-0.1, -0.05) is 17.7 Å². The first-order valence-electron chi connectivity index (χ1n) is 6.91. The molecule has 0 fully saturated rings. The third-order valence-corrected chi connectivity index (χ3v) is 3.59. The number of nitrogens with one attached hydrogen (secondary N) is 1. The monoisotopic (exact) mass is 300 g/mol. The predicted octanol–water partition coefficient (Wildman–Crippen LogP) is 4.97. The summed E-state index contributed by atoms with van der Waals surface area (Å²) in [5.74, 6) is 1.66. The summed E-state index contributed by atoms with van der Waals surface area (Å²) in [6.45, 7) is 6.11. The Bertz CT molecular complexity index is 774. The van der Waals surface area contributed by atoms with Crippen molar-refractivity contribution < 1.29 is 4.74 Å². The highest BCUT2D eigenvalue weighted by molar-refractivity contribution is 6.31. The Kier molecular flexibility index (Phi) is 3.60. The maximum Gasteiger partial charge on any atom is 0.153 e. The van der Waals surface area contributed by atoms with E-state index in [1.807, 2.05) is 37.3 Å². The van der Waals surface area contributed by atoms with E-state index in [-0.39, 0.29) is 6.10 Å². The van der Waals surface area contributed by atoms with Crippen LogP contribution in [0.5, 0.6) is 5.75 Å². The molecule has 0 aliphatic heterocycles. The van der Waals surface area contributed by atoms with Crippen molar-refractivity contribution in [2.24, 2.45) is 0 Å². The van der Waals surface area contributed by atoms with Crippen LogP contribution in [-0.2, 0) is 0 Å². The average Bonchev–Trinajstić information content (AvgIpc) is 2.80. The minimum atomic E-state index is -0.155. The molecule has 0 spiro atoms. The van der Waals surface area contributed by atoms with Gasteiger partial charge in [0, 0.05) is 5.02 Å². The van der Waals surface area contributed by atoms with Gasteiger partial charge in [0.25, 0.3) is 0 Å². The third kappa shape index (κ3) is 3.03. The van der Waals surface area contributed by atoms with Gasteiger partial charge >= 0.3 is 0 Å². The summed E-state index contributed by atoms with van der Waals surface area (Å²) in [4.78, 5) is 7.82. The van der Waals surface area contributed by atoms with E-state index < -0.39 is 0 Å². The molecule has 1 unspecified atom stereocenters. The minimum Gasteiger partial charge on any atom is -0.483 e. The number of ether oxygens (including phenoxy) is 1. The zero-order chi connectivity index (χ0) is 15.0. The Balaban J connectivity index is 1.87. The topological polar surface area (TPSA) is 37.9 Å². The van der Waals surface area contributed by atoms with Gasteiger partial charge in [-0.05, 0) is 62.2 Å². The van der Waals surface area contributed by atoms with E-state index in [0.29, 0.717) is 5.02 Å². The second-order valence-corrected chi connectivity index (χ2v) is 5.80. The number of halogens is 1. The number of hydrogen-bond donors (Lipinski definition) is 1. The maximum atomic E-state index is 6.00. The number of aryl methyl sites for hydroxylation is 2. The molecule has 0 saturated carbocycles. The summed E-state index contributed by atoms with van der Waals surface area (Å²) >= 11 is 5.99. The fourth-order valence-corrected chi connectivity index (χ4v) is 2.63. The Morgan fingerprint density at radius 1 is 1.10 bits per heavy atom. The second kappa shape index (κ2) is 5.41. The minimum absolute atomic E-state index is 0.155. The number of H-pyrrole nitrogens is 1. The van der Waals surface area contributed by atoms with Crippen molar-refractivity contribution in [3.63, 3.8) is 0 Å². The number of benzene rings is 2. The number of imidazole rings is 1. The fourth-order valence-electron chi connectivity index (χ4n) is 2.45. The molecule has 108 valence electrons. The Morgan fingerprint density at radius 3 is 2.52 bits per heavy atom. The van der Waals surface area contributed by atoms with Crippen LogP contribution in [0, 0.1) is 13.8 Å². The molecule has 0 bridgehead atoms. The van der Waals surface area contributed by atoms with Crippen LogP contribution in [0.1, 0.15) is 30.0 Å². The van der Waals surface area contributed by atoms with Gasteiger partial charge in [-0.3, -0.25) is 0 Å². The van der Waals surface area contributed by atoms with E-state index in [2.05, 4.69) is 29.9 Å². The van der Waals surface area contributed by atoms with E-state index in [9.17, 15) is 0 Å². The largest absolute Gasteiger partial charge is 0.483 e. The highest BCUT2D eigenvalue weighted by atomic mass is 35.5. The lowest BCUT2D eigenvalue weighted by Crippen LogP contribution is -2.05. The van der Waals surface area contributed by atoms with Crippen molar-refractivity contribution in [1.82, 2.24) is 9.97 Å². The first kappa shape index (κ1) is 14.0. The van der Waals surface area contributed by atoms with Gasteiger partial charge in [-0.15, -0.1) is 0 Å². The second-order valence-electron chi connectivity index (χ2n) is 5.37. The third-order valence-electron chi connectivity index (χ3n) is 3.36. The van der Waals surface area contributed by atoms with Crippen LogP contribution in [0.2, 0.25) is 5.02 Å². The first-order chi connectivity index (χ1) is 10.0. The lowest BCUT2D eigenvalue weighted by Gasteiger charge is -2.13. The molecular weight excluding hydrogens is 284 g/mol. The Morgan fingerprint density at radius 2 is 1.81 bits per heavy atom. The number of rotatable bonds is 3. The number of aromatic amines is 1. The van der Waals surface area contributed by atoms with Crippen molar-refractivity contribution >= 4 is 22.6 Å². The van der Waals surface area contributed by atoms with Crippen molar-refractivity contribution in [1.29, 1.82) is 0 Å². The van der Waals surface area contributed by atoms with E-state index in [0.717, 1.165) is 22.6 Å². The molecule has 21 heavy (non-hydrogen) atoms. The van der Waals surface area contributed by atoms with Crippen LogP contribution in [0.4, 0.5) is 0 Å². The van der Waals surface area contributed by atoms with Crippen LogP contribution in [-0.4, -0.2) is 9.97 Å². The molecule has 0 aliphatic rings. The molecule has 2 aromatic carbocycles. The van der Waals surface area contributed by atoms with E-state index in [1.165, 1.54) is 11.1 Å². The highest BCUT2D eigenvalue weighted by Gasteiger charge is 2.13. The van der Waals surface area contributed by atoms with Gasteiger partial charge < -0.3 is 9.72 Å². The molecule has 1 atom stereocenters. The molecule has 4 heteroatoms. The van der Waals surface area contributed by atoms with Crippen molar-refractivity contribution in [3.8, 4) is 5.75 Å². The molecule has 3 rings (SSSR count). The van der Waals surface area contributed by atoms with Crippen molar-refractivity contribution in [2.45, 2.75) is 26.9 Å². The van der Waals surface area contributed by atoms with Crippen molar-refractivity contribution in [3.05, 3.63) is 58.4 Å². The van der Waals surface area contributed by atoms with Crippen LogP contribution in [0.25, 0.3) is 11.0 Å². The molecule has 1 N–H and O–H groups in total. The van der Waals surface area contributed by atoms with E-state index >= 15 is 0 Å². The molecule has 1 heterocycles.